The summed E-state index contributed by atoms with van der Waals surface area (Å²) in [5.74, 6) is -0.335. The molecule has 3 aromatic carbocycles. The van der Waals surface area contributed by atoms with Crippen LogP contribution in [0.2, 0.25) is 0 Å². The number of rotatable bonds is 8. The minimum atomic E-state index is -0.168. The first-order chi connectivity index (χ1) is 17.1. The zero-order valence-electron chi connectivity index (χ0n) is 20.3. The van der Waals surface area contributed by atoms with Crippen molar-refractivity contribution in [1.82, 2.24) is 9.88 Å². The zero-order chi connectivity index (χ0) is 24.4. The van der Waals surface area contributed by atoms with Crippen molar-refractivity contribution in [3.05, 3.63) is 90.1 Å². The Balaban J connectivity index is 1.55. The Morgan fingerprint density at radius 3 is 2.14 bits per heavy atom. The third-order valence-corrected chi connectivity index (χ3v) is 7.07. The summed E-state index contributed by atoms with van der Waals surface area (Å²) in [6, 6.07) is 23.8. The Morgan fingerprint density at radius 2 is 1.46 bits per heavy atom. The topological polar surface area (TPSA) is 50.3 Å². The average molecular weight is 463 g/mol. The molecular formula is C31H30N2O2. The molecule has 176 valence electrons. The lowest BCUT2D eigenvalue weighted by Crippen LogP contribution is -2.46. The first-order valence-corrected chi connectivity index (χ1v) is 12.6. The second kappa shape index (κ2) is 9.83. The van der Waals surface area contributed by atoms with E-state index in [-0.39, 0.29) is 17.9 Å². The van der Waals surface area contributed by atoms with Crippen LogP contribution in [0.1, 0.15) is 66.7 Å². The number of amides is 2. The first-order valence-electron chi connectivity index (χ1n) is 12.6. The fraction of sp³-hybridized carbons (Fsp3) is 0.258. The van der Waals surface area contributed by atoms with Crippen LogP contribution in [0.25, 0.3) is 33.2 Å². The molecule has 0 saturated heterocycles. The molecule has 0 saturated carbocycles. The van der Waals surface area contributed by atoms with Crippen LogP contribution >= 0.6 is 0 Å². The second-order valence-corrected chi connectivity index (χ2v) is 9.22. The number of benzene rings is 3. The molecule has 1 aliphatic heterocycles. The van der Waals surface area contributed by atoms with Crippen molar-refractivity contribution in [3.63, 3.8) is 0 Å². The fourth-order valence-corrected chi connectivity index (χ4v) is 5.20. The molecule has 0 bridgehead atoms. The van der Waals surface area contributed by atoms with Gasteiger partial charge in [0.15, 0.2) is 0 Å². The number of unbranched alkanes of at least 4 members (excludes halogenated alkanes) is 2. The van der Waals surface area contributed by atoms with Crippen molar-refractivity contribution < 1.29 is 9.59 Å². The molecule has 0 N–H and O–H groups in total. The highest BCUT2D eigenvalue weighted by Gasteiger charge is 2.36. The predicted octanol–water partition coefficient (Wildman–Crippen LogP) is 7.52. The molecule has 1 unspecified atom stereocenters. The lowest BCUT2D eigenvalue weighted by atomic mass is 9.88. The van der Waals surface area contributed by atoms with Gasteiger partial charge in [-0.05, 0) is 53.6 Å². The Bertz CT molecular complexity index is 1350. The SMILES string of the molecule is CCCCCC(CC)N1C(=O)c2cccc3c(-c4ccc(-c5ccccn5)cc4)ccc(c23)C1=O. The molecule has 0 fully saturated rings. The number of carbonyl (C=O) groups excluding carboxylic acids is 2. The number of hydrogen-bond acceptors (Lipinski definition) is 3. The number of pyridine rings is 1. The summed E-state index contributed by atoms with van der Waals surface area (Å²) in [6.07, 6.45) is 6.67. The molecule has 1 atom stereocenters. The van der Waals surface area contributed by atoms with Crippen LogP contribution in [-0.4, -0.2) is 27.7 Å². The molecule has 4 nitrogen and oxygen atoms in total. The van der Waals surface area contributed by atoms with E-state index in [0.717, 1.165) is 65.3 Å². The summed E-state index contributed by atoms with van der Waals surface area (Å²) in [5.41, 5.74) is 5.28. The van der Waals surface area contributed by atoms with E-state index in [1.54, 1.807) is 6.20 Å². The molecular weight excluding hydrogens is 432 g/mol. The Hall–Kier alpha value is -3.79. The van der Waals surface area contributed by atoms with E-state index in [2.05, 4.69) is 43.1 Å². The number of aromatic nitrogens is 1. The minimum absolute atomic E-state index is 0.0660. The van der Waals surface area contributed by atoms with Gasteiger partial charge in [-0.1, -0.05) is 81.6 Å². The Labute approximate surface area is 206 Å². The number of imide groups is 1. The standard InChI is InChI=1S/C31H30N2O2/c1-3-5-6-10-23(4-2)33-30(34)26-12-9-11-25-24(18-19-27(29(25)26)31(33)35)21-14-16-22(17-15-21)28-13-7-8-20-32-28/h7-9,11-20,23H,3-6,10H2,1-2H3. The number of nitrogens with zero attached hydrogens (tertiary/aromatic N) is 2. The van der Waals surface area contributed by atoms with Gasteiger partial charge in [0.25, 0.3) is 11.8 Å². The normalized spacial score (nSPS) is 13.9. The van der Waals surface area contributed by atoms with Gasteiger partial charge < -0.3 is 0 Å². The molecule has 1 aliphatic rings. The van der Waals surface area contributed by atoms with E-state index in [1.807, 2.05) is 48.5 Å². The molecule has 2 amide bonds. The van der Waals surface area contributed by atoms with E-state index < -0.39 is 0 Å². The highest BCUT2D eigenvalue weighted by Crippen LogP contribution is 2.38. The summed E-state index contributed by atoms with van der Waals surface area (Å²) in [7, 11) is 0. The van der Waals surface area contributed by atoms with Gasteiger partial charge in [-0.2, -0.15) is 0 Å². The molecule has 4 aromatic rings. The maximum Gasteiger partial charge on any atom is 0.261 e. The summed E-state index contributed by atoms with van der Waals surface area (Å²) in [6.45, 7) is 4.23. The van der Waals surface area contributed by atoms with Gasteiger partial charge in [0.1, 0.15) is 0 Å². The highest BCUT2D eigenvalue weighted by atomic mass is 16.2. The van der Waals surface area contributed by atoms with Crippen LogP contribution in [0.3, 0.4) is 0 Å². The van der Waals surface area contributed by atoms with Crippen molar-refractivity contribution in [1.29, 1.82) is 0 Å². The molecule has 1 aromatic heterocycles. The summed E-state index contributed by atoms with van der Waals surface area (Å²) >= 11 is 0. The third-order valence-electron chi connectivity index (χ3n) is 7.07. The maximum atomic E-state index is 13.6. The second-order valence-electron chi connectivity index (χ2n) is 9.22. The zero-order valence-corrected chi connectivity index (χ0v) is 20.3. The average Bonchev–Trinajstić information content (AvgIpc) is 2.91. The number of carbonyl (C=O) groups is 2. The Kier molecular flexibility index (Phi) is 6.45. The van der Waals surface area contributed by atoms with Crippen LogP contribution in [0.4, 0.5) is 0 Å². The van der Waals surface area contributed by atoms with Gasteiger partial charge in [-0.25, -0.2) is 0 Å². The predicted molar refractivity (Wildman–Crippen MR) is 141 cm³/mol. The fourth-order valence-electron chi connectivity index (χ4n) is 5.20. The van der Waals surface area contributed by atoms with Crippen molar-refractivity contribution in [2.45, 2.75) is 52.0 Å². The molecule has 4 heteroatoms. The molecule has 5 rings (SSSR count). The number of hydrogen-bond donors (Lipinski definition) is 0. The summed E-state index contributed by atoms with van der Waals surface area (Å²) in [5, 5.41) is 1.71. The van der Waals surface area contributed by atoms with E-state index in [9.17, 15) is 9.59 Å². The summed E-state index contributed by atoms with van der Waals surface area (Å²) in [4.78, 5) is 33.1. The van der Waals surface area contributed by atoms with E-state index in [4.69, 9.17) is 0 Å². The van der Waals surface area contributed by atoms with Gasteiger partial charge in [0, 0.05) is 34.3 Å². The molecule has 35 heavy (non-hydrogen) atoms. The molecule has 0 spiro atoms. The van der Waals surface area contributed by atoms with Gasteiger partial charge in [-0.15, -0.1) is 0 Å². The third kappa shape index (κ3) is 4.14. The van der Waals surface area contributed by atoms with Crippen LogP contribution < -0.4 is 0 Å². The summed E-state index contributed by atoms with van der Waals surface area (Å²) < 4.78 is 0. The van der Waals surface area contributed by atoms with E-state index in [1.165, 1.54) is 4.90 Å². The van der Waals surface area contributed by atoms with Crippen LogP contribution in [0.15, 0.2) is 79.0 Å². The van der Waals surface area contributed by atoms with Crippen molar-refractivity contribution in [3.8, 4) is 22.4 Å². The molecule has 2 heterocycles. The van der Waals surface area contributed by atoms with Gasteiger partial charge in [0.05, 0.1) is 5.69 Å². The first kappa shape index (κ1) is 23.0. The van der Waals surface area contributed by atoms with E-state index in [0.29, 0.717) is 11.1 Å². The largest absolute Gasteiger partial charge is 0.271 e. The highest BCUT2D eigenvalue weighted by molar-refractivity contribution is 6.27. The van der Waals surface area contributed by atoms with Gasteiger partial charge >= 0.3 is 0 Å². The monoisotopic (exact) mass is 462 g/mol. The van der Waals surface area contributed by atoms with Gasteiger partial charge in [0.2, 0.25) is 0 Å². The van der Waals surface area contributed by atoms with Crippen LogP contribution in [-0.2, 0) is 0 Å². The molecule has 0 radical (unpaired) electrons. The van der Waals surface area contributed by atoms with Crippen LogP contribution in [0, 0.1) is 0 Å². The lowest BCUT2D eigenvalue weighted by molar-refractivity contribution is 0.0524. The van der Waals surface area contributed by atoms with Crippen molar-refractivity contribution in [2.75, 3.05) is 0 Å². The smallest absolute Gasteiger partial charge is 0.261 e. The minimum Gasteiger partial charge on any atom is -0.271 e. The van der Waals surface area contributed by atoms with E-state index >= 15 is 0 Å². The Morgan fingerprint density at radius 1 is 0.743 bits per heavy atom. The lowest BCUT2D eigenvalue weighted by Gasteiger charge is -2.34. The molecule has 0 aliphatic carbocycles. The van der Waals surface area contributed by atoms with Crippen molar-refractivity contribution in [2.24, 2.45) is 0 Å². The van der Waals surface area contributed by atoms with Crippen LogP contribution in [0.5, 0.6) is 0 Å². The maximum absolute atomic E-state index is 13.6. The van der Waals surface area contributed by atoms with Gasteiger partial charge in [-0.3, -0.25) is 19.5 Å². The quantitative estimate of drug-likeness (QED) is 0.201. The van der Waals surface area contributed by atoms with Crippen molar-refractivity contribution >= 4 is 22.6 Å².